The molecule has 1 saturated heterocycles. The van der Waals surface area contributed by atoms with Crippen LogP contribution >= 0.6 is 0 Å². The molecule has 1 aromatic heterocycles. The Hall–Kier alpha value is -3.14. The number of piperazine rings is 1. The fourth-order valence-electron chi connectivity index (χ4n) is 3.90. The van der Waals surface area contributed by atoms with E-state index < -0.39 is 0 Å². The van der Waals surface area contributed by atoms with E-state index in [4.69, 9.17) is 4.74 Å². The fraction of sp³-hybridized carbons (Fsp3) is 0.407. The minimum atomic E-state index is 0.0691. The zero-order valence-electron chi connectivity index (χ0n) is 19.8. The first-order valence-corrected chi connectivity index (χ1v) is 11.8. The maximum Gasteiger partial charge on any atom is 0.119 e. The summed E-state index contributed by atoms with van der Waals surface area (Å²) in [7, 11) is 0. The number of benzene rings is 1. The van der Waals surface area contributed by atoms with Crippen molar-refractivity contribution in [3.8, 4) is 11.8 Å². The van der Waals surface area contributed by atoms with Crippen molar-refractivity contribution in [2.24, 2.45) is 0 Å². The minimum absolute atomic E-state index is 0.0691. The second-order valence-electron chi connectivity index (χ2n) is 8.35. The lowest BCUT2D eigenvalue weighted by molar-refractivity contribution is 0.191. The van der Waals surface area contributed by atoms with Crippen LogP contribution < -0.4 is 15.4 Å². The number of nitriles is 1. The average Bonchev–Trinajstić information content (AvgIpc) is 2.83. The standard InChI is InChI=1S/C27H35N5O/c1-4-6-27(31-22(3)24(20-28)19-25-8-5-7-21(2)30-25)23-9-11-26(12-10-23)33-18-17-32-15-13-29-14-16-32/h5,7-12,19,27,29,31H,3-4,6,13-18H2,1-2H3/b24-19+. The molecule has 1 unspecified atom stereocenters. The number of aromatic nitrogens is 1. The number of allylic oxidation sites excluding steroid dienone is 1. The van der Waals surface area contributed by atoms with Gasteiger partial charge in [0.25, 0.3) is 0 Å². The van der Waals surface area contributed by atoms with E-state index in [1.807, 2.05) is 37.3 Å². The molecular weight excluding hydrogens is 410 g/mol. The molecule has 2 N–H and O–H groups in total. The van der Waals surface area contributed by atoms with Crippen molar-refractivity contribution in [2.45, 2.75) is 32.7 Å². The van der Waals surface area contributed by atoms with Gasteiger partial charge in [0, 0.05) is 44.1 Å². The SMILES string of the molecule is C=C(NC(CCC)c1ccc(OCCN2CCNCC2)cc1)/C(C#N)=C/c1cccc(C)n1. The highest BCUT2D eigenvalue weighted by Crippen LogP contribution is 2.24. The summed E-state index contributed by atoms with van der Waals surface area (Å²) in [5.41, 5.74) is 3.92. The highest BCUT2D eigenvalue weighted by atomic mass is 16.5. The summed E-state index contributed by atoms with van der Waals surface area (Å²) in [5, 5.41) is 16.5. The molecule has 0 spiro atoms. The molecule has 0 aliphatic carbocycles. The Labute approximate surface area is 198 Å². The maximum atomic E-state index is 9.68. The molecule has 3 rings (SSSR count). The van der Waals surface area contributed by atoms with Crippen LogP contribution in [0.1, 0.15) is 42.8 Å². The van der Waals surface area contributed by atoms with E-state index in [1.54, 1.807) is 6.08 Å². The summed E-state index contributed by atoms with van der Waals surface area (Å²) < 4.78 is 5.96. The van der Waals surface area contributed by atoms with E-state index in [2.05, 4.69) is 52.2 Å². The number of nitrogens with one attached hydrogen (secondary N) is 2. The van der Waals surface area contributed by atoms with Crippen molar-refractivity contribution < 1.29 is 4.74 Å². The Balaban J connectivity index is 1.60. The molecule has 0 saturated carbocycles. The van der Waals surface area contributed by atoms with Crippen LogP contribution in [0.2, 0.25) is 0 Å². The van der Waals surface area contributed by atoms with Gasteiger partial charge in [0.2, 0.25) is 0 Å². The molecule has 1 aromatic carbocycles. The summed E-state index contributed by atoms with van der Waals surface area (Å²) in [6.07, 6.45) is 3.73. The molecule has 6 heteroatoms. The predicted octanol–water partition coefficient (Wildman–Crippen LogP) is 4.23. The molecule has 1 aliphatic heterocycles. The lowest BCUT2D eigenvalue weighted by atomic mass is 10.0. The van der Waals surface area contributed by atoms with Gasteiger partial charge in [-0.05, 0) is 49.2 Å². The Morgan fingerprint density at radius 1 is 1.27 bits per heavy atom. The first kappa shape index (κ1) is 24.5. The molecule has 0 bridgehead atoms. The van der Waals surface area contributed by atoms with Crippen molar-refractivity contribution in [1.29, 1.82) is 5.26 Å². The van der Waals surface area contributed by atoms with E-state index in [-0.39, 0.29) is 6.04 Å². The van der Waals surface area contributed by atoms with Crippen LogP contribution in [0.15, 0.2) is 60.3 Å². The van der Waals surface area contributed by atoms with E-state index in [1.165, 1.54) is 0 Å². The Morgan fingerprint density at radius 2 is 2.03 bits per heavy atom. The molecule has 6 nitrogen and oxygen atoms in total. The number of aryl methyl sites for hydroxylation is 1. The van der Waals surface area contributed by atoms with Crippen molar-refractivity contribution >= 4 is 6.08 Å². The fourth-order valence-corrected chi connectivity index (χ4v) is 3.90. The third-order valence-corrected chi connectivity index (χ3v) is 5.74. The van der Waals surface area contributed by atoms with Gasteiger partial charge in [-0.3, -0.25) is 9.88 Å². The van der Waals surface area contributed by atoms with Gasteiger partial charge >= 0.3 is 0 Å². The van der Waals surface area contributed by atoms with Gasteiger partial charge in [-0.2, -0.15) is 5.26 Å². The molecule has 0 amide bonds. The lowest BCUT2D eigenvalue weighted by Crippen LogP contribution is -2.44. The van der Waals surface area contributed by atoms with Gasteiger partial charge in [-0.1, -0.05) is 38.1 Å². The van der Waals surface area contributed by atoms with Crippen LogP contribution in [0.5, 0.6) is 5.75 Å². The largest absolute Gasteiger partial charge is 0.492 e. The van der Waals surface area contributed by atoms with Gasteiger partial charge in [0.15, 0.2) is 0 Å². The maximum absolute atomic E-state index is 9.68. The number of ether oxygens (including phenoxy) is 1. The van der Waals surface area contributed by atoms with Crippen LogP contribution in [-0.2, 0) is 0 Å². The van der Waals surface area contributed by atoms with Gasteiger partial charge < -0.3 is 15.4 Å². The monoisotopic (exact) mass is 445 g/mol. The van der Waals surface area contributed by atoms with Crippen LogP contribution in [-0.4, -0.2) is 49.2 Å². The van der Waals surface area contributed by atoms with Crippen molar-refractivity contribution in [3.63, 3.8) is 0 Å². The number of pyridine rings is 1. The first-order valence-electron chi connectivity index (χ1n) is 11.8. The third kappa shape index (κ3) is 7.74. The summed E-state index contributed by atoms with van der Waals surface area (Å²) in [4.78, 5) is 6.89. The van der Waals surface area contributed by atoms with Crippen molar-refractivity contribution in [2.75, 3.05) is 39.3 Å². The molecule has 1 fully saturated rings. The summed E-state index contributed by atoms with van der Waals surface area (Å²) >= 11 is 0. The Bertz CT molecular complexity index is 971. The zero-order chi connectivity index (χ0) is 23.5. The lowest BCUT2D eigenvalue weighted by Gasteiger charge is -2.27. The molecule has 2 aromatic rings. The molecule has 174 valence electrons. The third-order valence-electron chi connectivity index (χ3n) is 5.74. The minimum Gasteiger partial charge on any atom is -0.492 e. The summed E-state index contributed by atoms with van der Waals surface area (Å²) in [6.45, 7) is 14.1. The van der Waals surface area contributed by atoms with E-state index >= 15 is 0 Å². The van der Waals surface area contributed by atoms with Crippen LogP contribution in [0.3, 0.4) is 0 Å². The number of rotatable bonds is 11. The zero-order valence-corrected chi connectivity index (χ0v) is 19.8. The smallest absolute Gasteiger partial charge is 0.119 e. The topological polar surface area (TPSA) is 73.2 Å². The van der Waals surface area contributed by atoms with Crippen LogP contribution in [0.4, 0.5) is 0 Å². The molecule has 1 atom stereocenters. The van der Waals surface area contributed by atoms with Crippen LogP contribution in [0, 0.1) is 18.3 Å². The molecule has 1 aliphatic rings. The normalized spacial score (nSPS) is 15.5. The van der Waals surface area contributed by atoms with E-state index in [0.717, 1.165) is 68.3 Å². The second-order valence-corrected chi connectivity index (χ2v) is 8.35. The quantitative estimate of drug-likeness (QED) is 0.398. The number of hydrogen-bond acceptors (Lipinski definition) is 6. The summed E-state index contributed by atoms with van der Waals surface area (Å²) in [5.74, 6) is 0.881. The first-order chi connectivity index (χ1) is 16.1. The van der Waals surface area contributed by atoms with E-state index in [0.29, 0.717) is 17.9 Å². The Morgan fingerprint density at radius 3 is 2.70 bits per heavy atom. The van der Waals surface area contributed by atoms with Gasteiger partial charge in [0.05, 0.1) is 17.3 Å². The van der Waals surface area contributed by atoms with Crippen molar-refractivity contribution in [1.82, 2.24) is 20.5 Å². The Kier molecular flexibility index (Phi) is 9.49. The summed E-state index contributed by atoms with van der Waals surface area (Å²) in [6, 6.07) is 16.3. The average molecular weight is 446 g/mol. The number of nitrogens with zero attached hydrogens (tertiary/aromatic N) is 3. The highest BCUT2D eigenvalue weighted by molar-refractivity contribution is 5.60. The molecule has 0 radical (unpaired) electrons. The number of hydrogen-bond donors (Lipinski definition) is 2. The predicted molar refractivity (Wildman–Crippen MR) is 134 cm³/mol. The molecule has 2 heterocycles. The van der Waals surface area contributed by atoms with Gasteiger partial charge in [-0.25, -0.2) is 0 Å². The van der Waals surface area contributed by atoms with Crippen LogP contribution in [0.25, 0.3) is 6.08 Å². The van der Waals surface area contributed by atoms with Gasteiger partial charge in [-0.15, -0.1) is 0 Å². The van der Waals surface area contributed by atoms with E-state index in [9.17, 15) is 5.26 Å². The van der Waals surface area contributed by atoms with Gasteiger partial charge in [0.1, 0.15) is 18.4 Å². The molecular formula is C27H35N5O. The second kappa shape index (κ2) is 12.8. The molecule has 33 heavy (non-hydrogen) atoms. The highest BCUT2D eigenvalue weighted by Gasteiger charge is 2.14. The van der Waals surface area contributed by atoms with Crippen molar-refractivity contribution in [3.05, 3.63) is 77.3 Å².